The molecule has 0 aromatic heterocycles. The molecule has 2 aromatic carbocycles. The van der Waals surface area contributed by atoms with Gasteiger partial charge in [0.15, 0.2) is 21.3 Å². The quantitative estimate of drug-likeness (QED) is 0.712. The van der Waals surface area contributed by atoms with Gasteiger partial charge in [0, 0.05) is 17.5 Å². The van der Waals surface area contributed by atoms with Crippen molar-refractivity contribution in [1.82, 2.24) is 5.32 Å². The minimum Gasteiger partial charge on any atom is -0.486 e. The number of ether oxygens (including phenoxy) is 2. The van der Waals surface area contributed by atoms with E-state index in [2.05, 4.69) is 5.32 Å². The minimum atomic E-state index is -3.63. The first-order valence-electron chi connectivity index (χ1n) is 9.43. The number of hydrogen-bond acceptors (Lipinski definition) is 5. The number of carbonyl (C=O) groups is 1. The van der Waals surface area contributed by atoms with Crippen LogP contribution >= 0.6 is 11.6 Å². The third-order valence-corrected chi connectivity index (χ3v) is 6.65. The molecule has 1 amide bonds. The van der Waals surface area contributed by atoms with Crippen molar-refractivity contribution in [3.8, 4) is 11.5 Å². The number of carbonyl (C=O) groups excluding carboxylic acids is 1. The monoisotopic (exact) mass is 437 g/mol. The van der Waals surface area contributed by atoms with E-state index in [1.165, 1.54) is 12.1 Å². The van der Waals surface area contributed by atoms with Crippen molar-refractivity contribution in [3.63, 3.8) is 0 Å². The molecule has 0 bridgehead atoms. The van der Waals surface area contributed by atoms with Crippen LogP contribution in [0.5, 0.6) is 11.5 Å². The molecule has 1 N–H and O–H groups in total. The van der Waals surface area contributed by atoms with Crippen molar-refractivity contribution in [2.45, 2.75) is 31.2 Å². The van der Waals surface area contributed by atoms with Gasteiger partial charge in [-0.25, -0.2) is 8.42 Å². The van der Waals surface area contributed by atoms with Crippen molar-refractivity contribution in [2.24, 2.45) is 5.92 Å². The van der Waals surface area contributed by atoms with Crippen LogP contribution in [0.1, 0.15) is 31.9 Å². The van der Waals surface area contributed by atoms with Gasteiger partial charge in [-0.3, -0.25) is 4.79 Å². The van der Waals surface area contributed by atoms with Crippen LogP contribution in [0.25, 0.3) is 0 Å². The fourth-order valence-electron chi connectivity index (χ4n) is 3.11. The molecule has 0 saturated heterocycles. The molecule has 1 atom stereocenters. The normalized spacial score (nSPS) is 14.5. The lowest BCUT2D eigenvalue weighted by Crippen LogP contribution is -2.32. The Kier molecular flexibility index (Phi) is 6.70. The van der Waals surface area contributed by atoms with Crippen LogP contribution in [-0.2, 0) is 14.6 Å². The van der Waals surface area contributed by atoms with Crippen LogP contribution < -0.4 is 14.8 Å². The fraction of sp³-hybridized carbons (Fsp3) is 0.381. The van der Waals surface area contributed by atoms with E-state index < -0.39 is 9.84 Å². The van der Waals surface area contributed by atoms with Crippen molar-refractivity contribution in [1.29, 1.82) is 0 Å². The Morgan fingerprint density at radius 3 is 2.38 bits per heavy atom. The highest BCUT2D eigenvalue weighted by molar-refractivity contribution is 7.91. The van der Waals surface area contributed by atoms with Gasteiger partial charge in [0.25, 0.3) is 0 Å². The average molecular weight is 438 g/mol. The summed E-state index contributed by atoms with van der Waals surface area (Å²) in [5.74, 6) is 0.457. The Bertz CT molecular complexity index is 973. The number of benzene rings is 2. The topological polar surface area (TPSA) is 81.7 Å². The van der Waals surface area contributed by atoms with Crippen molar-refractivity contribution >= 4 is 27.3 Å². The van der Waals surface area contributed by atoms with Gasteiger partial charge in [-0.15, -0.1) is 0 Å². The molecule has 3 rings (SSSR count). The Morgan fingerprint density at radius 1 is 1.07 bits per heavy atom. The summed E-state index contributed by atoms with van der Waals surface area (Å²) in [6, 6.07) is 11.5. The van der Waals surface area contributed by atoms with E-state index in [4.69, 9.17) is 21.1 Å². The highest BCUT2D eigenvalue weighted by atomic mass is 35.5. The molecule has 8 heteroatoms. The Morgan fingerprint density at radius 2 is 1.72 bits per heavy atom. The molecular formula is C21H24ClNO5S. The highest BCUT2D eigenvalue weighted by Gasteiger charge is 2.23. The molecule has 1 unspecified atom stereocenters. The minimum absolute atomic E-state index is 0.118. The van der Waals surface area contributed by atoms with Crippen LogP contribution in [0.15, 0.2) is 47.4 Å². The predicted octanol–water partition coefficient (Wildman–Crippen LogP) is 3.79. The number of amides is 1. The van der Waals surface area contributed by atoms with Gasteiger partial charge in [-0.2, -0.15) is 0 Å². The van der Waals surface area contributed by atoms with E-state index in [-0.39, 0.29) is 34.9 Å². The molecule has 0 radical (unpaired) electrons. The molecule has 1 aliphatic heterocycles. The standard InChI is InChI=1S/C21H24ClNO5S/c1-14(2)21(15-3-5-16(22)6-4-15)23-20(24)9-12-29(25,26)17-7-8-18-19(13-17)28-11-10-27-18/h3-8,13-14,21H,9-12H2,1-2H3,(H,23,24). The van der Waals surface area contributed by atoms with Crippen molar-refractivity contribution in [3.05, 3.63) is 53.1 Å². The molecular weight excluding hydrogens is 414 g/mol. The SMILES string of the molecule is CC(C)C(NC(=O)CCS(=O)(=O)c1ccc2c(c1)OCCO2)c1ccc(Cl)cc1. The highest BCUT2D eigenvalue weighted by Crippen LogP contribution is 2.32. The van der Waals surface area contributed by atoms with Crippen molar-refractivity contribution < 1.29 is 22.7 Å². The summed E-state index contributed by atoms with van der Waals surface area (Å²) in [6.07, 6.45) is -0.131. The molecule has 156 valence electrons. The van der Waals surface area contributed by atoms with Crippen LogP contribution in [0.4, 0.5) is 0 Å². The van der Waals surface area contributed by atoms with Gasteiger partial charge in [-0.1, -0.05) is 37.6 Å². The predicted molar refractivity (Wildman–Crippen MR) is 111 cm³/mol. The number of nitrogens with one attached hydrogen (secondary N) is 1. The first-order chi connectivity index (χ1) is 13.8. The van der Waals surface area contributed by atoms with Crippen LogP contribution in [-0.4, -0.2) is 33.3 Å². The number of rotatable bonds is 7. The smallest absolute Gasteiger partial charge is 0.221 e. The van der Waals surface area contributed by atoms with Gasteiger partial charge in [-0.05, 0) is 35.7 Å². The summed E-state index contributed by atoms with van der Waals surface area (Å²) in [4.78, 5) is 12.6. The Labute approximate surface area is 176 Å². The third kappa shape index (κ3) is 5.42. The Balaban J connectivity index is 1.65. The van der Waals surface area contributed by atoms with E-state index in [1.54, 1.807) is 18.2 Å². The van der Waals surface area contributed by atoms with Gasteiger partial charge < -0.3 is 14.8 Å². The van der Waals surface area contributed by atoms with E-state index in [0.717, 1.165) is 5.56 Å². The summed E-state index contributed by atoms with van der Waals surface area (Å²) in [5.41, 5.74) is 0.924. The first kappa shape index (κ1) is 21.5. The zero-order chi connectivity index (χ0) is 21.0. The largest absolute Gasteiger partial charge is 0.486 e. The molecule has 0 fully saturated rings. The molecule has 1 heterocycles. The maximum atomic E-state index is 12.7. The average Bonchev–Trinajstić information content (AvgIpc) is 2.71. The first-order valence-corrected chi connectivity index (χ1v) is 11.5. The summed E-state index contributed by atoms with van der Waals surface area (Å²) in [5, 5.41) is 3.55. The van der Waals surface area contributed by atoms with Crippen LogP contribution in [0.2, 0.25) is 5.02 Å². The fourth-order valence-corrected chi connectivity index (χ4v) is 4.49. The molecule has 2 aromatic rings. The molecule has 0 saturated carbocycles. The maximum Gasteiger partial charge on any atom is 0.221 e. The van der Waals surface area contributed by atoms with Gasteiger partial charge in [0.2, 0.25) is 5.91 Å². The van der Waals surface area contributed by atoms with E-state index in [0.29, 0.717) is 29.7 Å². The lowest BCUT2D eigenvalue weighted by atomic mass is 9.96. The lowest BCUT2D eigenvalue weighted by Gasteiger charge is -2.23. The van der Waals surface area contributed by atoms with E-state index >= 15 is 0 Å². The molecule has 1 aliphatic rings. The summed E-state index contributed by atoms with van der Waals surface area (Å²) in [7, 11) is -3.63. The lowest BCUT2D eigenvalue weighted by molar-refractivity contribution is -0.121. The number of fused-ring (bicyclic) bond motifs is 1. The van der Waals surface area contributed by atoms with Crippen molar-refractivity contribution in [2.75, 3.05) is 19.0 Å². The van der Waals surface area contributed by atoms with Crippen LogP contribution in [0, 0.1) is 5.92 Å². The van der Waals surface area contributed by atoms with E-state index in [1.807, 2.05) is 26.0 Å². The van der Waals surface area contributed by atoms with Gasteiger partial charge >= 0.3 is 0 Å². The second-order valence-corrected chi connectivity index (χ2v) is 9.76. The molecule has 0 spiro atoms. The number of halogens is 1. The molecule has 6 nitrogen and oxygen atoms in total. The second-order valence-electron chi connectivity index (χ2n) is 7.22. The Hall–Kier alpha value is -2.25. The summed E-state index contributed by atoms with van der Waals surface area (Å²) >= 11 is 5.93. The summed E-state index contributed by atoms with van der Waals surface area (Å²) in [6.45, 7) is 4.79. The zero-order valence-electron chi connectivity index (χ0n) is 16.4. The molecule has 29 heavy (non-hydrogen) atoms. The van der Waals surface area contributed by atoms with Gasteiger partial charge in [0.05, 0.1) is 16.7 Å². The second kappa shape index (κ2) is 9.05. The maximum absolute atomic E-state index is 12.7. The van der Waals surface area contributed by atoms with E-state index in [9.17, 15) is 13.2 Å². The number of sulfone groups is 1. The van der Waals surface area contributed by atoms with Crippen LogP contribution in [0.3, 0.4) is 0 Å². The third-order valence-electron chi connectivity index (χ3n) is 4.68. The molecule has 0 aliphatic carbocycles. The van der Waals surface area contributed by atoms with Gasteiger partial charge in [0.1, 0.15) is 13.2 Å². The number of hydrogen-bond donors (Lipinski definition) is 1. The zero-order valence-corrected chi connectivity index (χ0v) is 17.9. The summed E-state index contributed by atoms with van der Waals surface area (Å²) < 4.78 is 36.2.